The second kappa shape index (κ2) is 8.36. The summed E-state index contributed by atoms with van der Waals surface area (Å²) >= 11 is 5.84. The summed E-state index contributed by atoms with van der Waals surface area (Å²) < 4.78 is 0. The normalized spacial score (nSPS) is 13.6. The van der Waals surface area contributed by atoms with E-state index in [0.717, 1.165) is 22.0 Å². The van der Waals surface area contributed by atoms with Gasteiger partial charge in [0.25, 0.3) is 0 Å². The fourth-order valence-corrected chi connectivity index (χ4v) is 3.14. The van der Waals surface area contributed by atoms with Crippen molar-refractivity contribution in [1.82, 2.24) is 10.3 Å². The molecule has 0 saturated heterocycles. The van der Waals surface area contributed by atoms with Gasteiger partial charge in [0.1, 0.15) is 6.04 Å². The fourth-order valence-electron chi connectivity index (χ4n) is 3.01. The van der Waals surface area contributed by atoms with Crippen molar-refractivity contribution in [2.24, 2.45) is 0 Å². The quantitative estimate of drug-likeness (QED) is 0.487. The van der Waals surface area contributed by atoms with E-state index in [1.165, 1.54) is 0 Å². The number of hydrogen-bond acceptors (Lipinski definition) is 3. The Hall–Kier alpha value is -2.34. The fraction of sp³-hybridized carbons (Fsp3) is 0.250. The number of aromatic nitrogens is 1. The number of nitrogens with one attached hydrogen (secondary N) is 2. The van der Waals surface area contributed by atoms with Gasteiger partial charge in [-0.1, -0.05) is 41.9 Å². The first-order valence-corrected chi connectivity index (χ1v) is 8.87. The maximum absolute atomic E-state index is 11.6. The lowest BCUT2D eigenvalue weighted by Crippen LogP contribution is -2.39. The van der Waals surface area contributed by atoms with Crippen LogP contribution in [0.2, 0.25) is 5.02 Å². The van der Waals surface area contributed by atoms with E-state index in [9.17, 15) is 15.0 Å². The molecule has 26 heavy (non-hydrogen) atoms. The molecule has 0 bridgehead atoms. The first-order chi connectivity index (χ1) is 12.5. The molecule has 3 aromatic rings. The summed E-state index contributed by atoms with van der Waals surface area (Å²) in [5.41, 5.74) is 2.71. The number of carbonyl (C=O) groups is 1. The number of H-pyrrole nitrogens is 1. The molecule has 0 radical (unpaired) electrons. The Morgan fingerprint density at radius 1 is 1.15 bits per heavy atom. The van der Waals surface area contributed by atoms with Crippen molar-refractivity contribution >= 4 is 28.5 Å². The average Bonchev–Trinajstić information content (AvgIpc) is 3.04. The molecule has 3 rings (SSSR count). The number of aliphatic hydroxyl groups is 1. The van der Waals surface area contributed by atoms with Crippen LogP contribution in [0.1, 0.15) is 23.7 Å². The topological polar surface area (TPSA) is 85.3 Å². The number of carboxylic acid groups (broad SMARTS) is 1. The molecule has 5 nitrogen and oxygen atoms in total. The van der Waals surface area contributed by atoms with Gasteiger partial charge in [-0.2, -0.15) is 0 Å². The zero-order valence-electron chi connectivity index (χ0n) is 14.2. The van der Waals surface area contributed by atoms with Gasteiger partial charge in [-0.15, -0.1) is 0 Å². The van der Waals surface area contributed by atoms with Gasteiger partial charge >= 0.3 is 5.97 Å². The number of carboxylic acids is 1. The van der Waals surface area contributed by atoms with Gasteiger partial charge in [0.15, 0.2) is 0 Å². The summed E-state index contributed by atoms with van der Waals surface area (Å²) in [4.78, 5) is 14.8. The number of para-hydroxylation sites is 1. The van der Waals surface area contributed by atoms with E-state index in [-0.39, 0.29) is 0 Å². The van der Waals surface area contributed by atoms with Gasteiger partial charge in [0, 0.05) is 28.5 Å². The zero-order chi connectivity index (χ0) is 18.5. The molecule has 0 saturated carbocycles. The maximum Gasteiger partial charge on any atom is 0.321 e. The predicted molar refractivity (Wildman–Crippen MR) is 102 cm³/mol. The summed E-state index contributed by atoms with van der Waals surface area (Å²) in [6.07, 6.45) is 1.97. The van der Waals surface area contributed by atoms with Crippen molar-refractivity contribution in [2.45, 2.75) is 25.0 Å². The summed E-state index contributed by atoms with van der Waals surface area (Å²) in [5.74, 6) is -0.906. The molecule has 0 fully saturated rings. The van der Waals surface area contributed by atoms with Crippen LogP contribution in [-0.4, -0.2) is 33.8 Å². The van der Waals surface area contributed by atoms with Crippen molar-refractivity contribution in [3.63, 3.8) is 0 Å². The Balaban J connectivity index is 1.58. The number of rotatable bonds is 8. The van der Waals surface area contributed by atoms with E-state index < -0.39 is 18.1 Å². The molecule has 136 valence electrons. The van der Waals surface area contributed by atoms with Gasteiger partial charge in [-0.3, -0.25) is 4.79 Å². The number of aliphatic carboxylic acids is 1. The summed E-state index contributed by atoms with van der Waals surface area (Å²) in [7, 11) is 0. The molecule has 1 unspecified atom stereocenters. The van der Waals surface area contributed by atoms with E-state index in [0.29, 0.717) is 24.4 Å². The number of benzene rings is 2. The molecule has 4 N–H and O–H groups in total. The van der Waals surface area contributed by atoms with Crippen molar-refractivity contribution in [1.29, 1.82) is 0 Å². The van der Waals surface area contributed by atoms with Crippen LogP contribution in [0.5, 0.6) is 0 Å². The third-order valence-electron chi connectivity index (χ3n) is 4.46. The lowest BCUT2D eigenvalue weighted by Gasteiger charge is -2.16. The molecule has 0 aliphatic rings. The maximum atomic E-state index is 11.6. The largest absolute Gasteiger partial charge is 0.480 e. The van der Waals surface area contributed by atoms with Crippen LogP contribution in [0.3, 0.4) is 0 Å². The Kier molecular flexibility index (Phi) is 5.93. The summed E-state index contributed by atoms with van der Waals surface area (Å²) in [6, 6.07) is 14.1. The lowest BCUT2D eigenvalue weighted by atomic mass is 10.0. The molecule has 0 aliphatic carbocycles. The van der Waals surface area contributed by atoms with Crippen LogP contribution >= 0.6 is 11.6 Å². The van der Waals surface area contributed by atoms with Crippen LogP contribution in [0.15, 0.2) is 54.7 Å². The van der Waals surface area contributed by atoms with Crippen molar-refractivity contribution in [2.75, 3.05) is 6.54 Å². The van der Waals surface area contributed by atoms with Crippen molar-refractivity contribution in [3.05, 3.63) is 70.9 Å². The smallest absolute Gasteiger partial charge is 0.321 e. The van der Waals surface area contributed by atoms with E-state index in [1.807, 2.05) is 30.5 Å². The van der Waals surface area contributed by atoms with Gasteiger partial charge in [0.2, 0.25) is 0 Å². The molecule has 2 aromatic carbocycles. The standard InChI is InChI=1S/C20H21ClN2O3/c21-15-7-5-13(6-8-15)19(24)9-10-22-18(20(25)26)11-14-12-23-17-4-2-1-3-16(14)17/h1-8,12,18-19,22-24H,9-11H2,(H,25,26)/t18-,19?/m0/s1. The average molecular weight is 373 g/mol. The number of hydrogen-bond donors (Lipinski definition) is 4. The predicted octanol–water partition coefficient (Wildman–Crippen LogP) is 3.53. The molecule has 2 atom stereocenters. The second-order valence-corrected chi connectivity index (χ2v) is 6.70. The SMILES string of the molecule is O=C(O)[C@H](Cc1c[nH]c2ccccc12)NCCC(O)c1ccc(Cl)cc1. The monoisotopic (exact) mass is 372 g/mol. The molecule has 0 aliphatic heterocycles. The van der Waals surface area contributed by atoms with Crippen LogP contribution < -0.4 is 5.32 Å². The van der Waals surface area contributed by atoms with Crippen LogP contribution in [0.4, 0.5) is 0 Å². The Labute approximate surface area is 156 Å². The molecule has 0 amide bonds. The zero-order valence-corrected chi connectivity index (χ0v) is 14.9. The third kappa shape index (κ3) is 4.43. The minimum atomic E-state index is -0.906. The van der Waals surface area contributed by atoms with Crippen LogP contribution in [0.25, 0.3) is 10.9 Å². The molecule has 1 heterocycles. The Morgan fingerprint density at radius 3 is 2.62 bits per heavy atom. The molecule has 1 aromatic heterocycles. The van der Waals surface area contributed by atoms with Gasteiger partial charge in [-0.25, -0.2) is 0 Å². The van der Waals surface area contributed by atoms with Crippen LogP contribution in [-0.2, 0) is 11.2 Å². The summed E-state index contributed by atoms with van der Waals surface area (Å²) in [5, 5.41) is 24.4. The van der Waals surface area contributed by atoms with E-state index in [4.69, 9.17) is 11.6 Å². The first-order valence-electron chi connectivity index (χ1n) is 8.49. The minimum Gasteiger partial charge on any atom is -0.480 e. The number of aromatic amines is 1. The van der Waals surface area contributed by atoms with E-state index in [2.05, 4.69) is 10.3 Å². The summed E-state index contributed by atoms with van der Waals surface area (Å²) in [6.45, 7) is 0.392. The van der Waals surface area contributed by atoms with Crippen LogP contribution in [0, 0.1) is 0 Å². The Bertz CT molecular complexity index is 876. The van der Waals surface area contributed by atoms with Gasteiger partial charge in [0.05, 0.1) is 6.10 Å². The molecular formula is C20H21ClN2O3. The number of aliphatic hydroxyl groups excluding tert-OH is 1. The van der Waals surface area contributed by atoms with Crippen molar-refractivity contribution < 1.29 is 15.0 Å². The molecule has 6 heteroatoms. The number of halogens is 1. The van der Waals surface area contributed by atoms with Crippen molar-refractivity contribution in [3.8, 4) is 0 Å². The first kappa shape index (κ1) is 18.5. The third-order valence-corrected chi connectivity index (χ3v) is 4.71. The highest BCUT2D eigenvalue weighted by Crippen LogP contribution is 2.20. The highest BCUT2D eigenvalue weighted by atomic mass is 35.5. The Morgan fingerprint density at radius 2 is 1.88 bits per heavy atom. The minimum absolute atomic E-state index is 0.371. The lowest BCUT2D eigenvalue weighted by molar-refractivity contribution is -0.139. The number of fused-ring (bicyclic) bond motifs is 1. The molecule has 0 spiro atoms. The highest BCUT2D eigenvalue weighted by molar-refractivity contribution is 6.30. The van der Waals surface area contributed by atoms with Gasteiger partial charge in [-0.05, 0) is 42.3 Å². The van der Waals surface area contributed by atoms with E-state index in [1.54, 1.807) is 24.3 Å². The highest BCUT2D eigenvalue weighted by Gasteiger charge is 2.19. The van der Waals surface area contributed by atoms with Gasteiger partial charge < -0.3 is 20.5 Å². The van der Waals surface area contributed by atoms with E-state index >= 15 is 0 Å². The molecular weight excluding hydrogens is 352 g/mol. The second-order valence-electron chi connectivity index (χ2n) is 6.26.